The van der Waals surface area contributed by atoms with Gasteiger partial charge in [-0.3, -0.25) is 9.63 Å². The number of nitrogens with zero attached hydrogens (tertiary/aromatic N) is 1. The number of carbonyl (C=O) groups excluding carboxylic acids is 1. The first kappa shape index (κ1) is 22.0. The third kappa shape index (κ3) is 12.1. The molecule has 23 heavy (non-hydrogen) atoms. The average molecular weight is 345 g/mol. The van der Waals surface area contributed by atoms with Crippen LogP contribution in [0.5, 0.6) is 0 Å². The Hall–Kier alpha value is -1.04. The van der Waals surface area contributed by atoms with E-state index in [0.29, 0.717) is 41.2 Å². The summed E-state index contributed by atoms with van der Waals surface area (Å²) < 4.78 is 4.97. The van der Waals surface area contributed by atoms with E-state index in [-0.39, 0.29) is 6.10 Å². The summed E-state index contributed by atoms with van der Waals surface area (Å²) in [5, 5.41) is 18.1. The molecule has 0 aromatic heterocycles. The van der Waals surface area contributed by atoms with Gasteiger partial charge in [0.25, 0.3) is 0 Å². The maximum atomic E-state index is 10.9. The van der Waals surface area contributed by atoms with Gasteiger partial charge >= 0.3 is 0 Å². The number of benzene rings is 1. The Labute approximate surface area is 140 Å². The highest BCUT2D eigenvalue weighted by Crippen LogP contribution is 2.14. The van der Waals surface area contributed by atoms with Gasteiger partial charge in [0.1, 0.15) is 6.61 Å². The van der Waals surface area contributed by atoms with E-state index in [0.717, 1.165) is 25.3 Å². The molecule has 1 unspecified atom stereocenters. The SMILES string of the molecule is CO.COPCC[C@@H](O)CCCN(C=O)OCc1ccccc1. The van der Waals surface area contributed by atoms with Crippen molar-refractivity contribution in [2.45, 2.75) is 32.0 Å². The van der Waals surface area contributed by atoms with Crippen molar-refractivity contribution in [3.05, 3.63) is 35.9 Å². The van der Waals surface area contributed by atoms with E-state index in [1.807, 2.05) is 30.3 Å². The van der Waals surface area contributed by atoms with Crippen LogP contribution in [0.3, 0.4) is 0 Å². The fourth-order valence-electron chi connectivity index (χ4n) is 1.83. The molecule has 0 saturated carbocycles. The quantitative estimate of drug-likeness (QED) is 0.262. The zero-order valence-corrected chi connectivity index (χ0v) is 14.9. The van der Waals surface area contributed by atoms with E-state index >= 15 is 0 Å². The lowest BCUT2D eigenvalue weighted by Gasteiger charge is -2.18. The number of aliphatic hydroxyl groups is 2. The Balaban J connectivity index is 0.00000232. The molecule has 0 fully saturated rings. The van der Waals surface area contributed by atoms with Gasteiger partial charge in [-0.1, -0.05) is 30.3 Å². The first-order valence-corrected chi connectivity index (χ1v) is 8.65. The highest BCUT2D eigenvalue weighted by molar-refractivity contribution is 7.32. The standard InChI is InChI=1S/C15H24NO4P.CH4O/c1-19-21-11-9-15(18)8-5-10-16(13-17)20-12-14-6-3-2-4-7-14;1-2/h2-4,6-7,13,15,18,21H,5,8-12H2,1H3;2H,1H3/t15-;/m0./s1. The molecule has 1 aromatic carbocycles. The molecule has 6 nitrogen and oxygen atoms in total. The van der Waals surface area contributed by atoms with Gasteiger partial charge < -0.3 is 14.7 Å². The van der Waals surface area contributed by atoms with Crippen LogP contribution in [0, 0.1) is 0 Å². The molecule has 2 atom stereocenters. The highest BCUT2D eigenvalue weighted by Gasteiger charge is 2.07. The lowest BCUT2D eigenvalue weighted by atomic mass is 10.1. The minimum Gasteiger partial charge on any atom is -0.400 e. The fourth-order valence-corrected chi connectivity index (χ4v) is 2.49. The van der Waals surface area contributed by atoms with Gasteiger partial charge in [0, 0.05) is 29.6 Å². The van der Waals surface area contributed by atoms with Crippen molar-refractivity contribution >= 4 is 15.2 Å². The Bertz CT molecular complexity index is 380. The maximum absolute atomic E-state index is 10.9. The predicted octanol–water partition coefficient (Wildman–Crippen LogP) is 1.96. The van der Waals surface area contributed by atoms with Gasteiger partial charge in [-0.05, 0) is 31.0 Å². The first-order chi connectivity index (χ1) is 11.3. The van der Waals surface area contributed by atoms with E-state index in [1.54, 1.807) is 7.11 Å². The van der Waals surface area contributed by atoms with Crippen LogP contribution in [0.15, 0.2) is 30.3 Å². The summed E-state index contributed by atoms with van der Waals surface area (Å²) in [4.78, 5) is 16.4. The maximum Gasteiger partial charge on any atom is 0.233 e. The molecule has 1 amide bonds. The zero-order chi connectivity index (χ0) is 17.3. The summed E-state index contributed by atoms with van der Waals surface area (Å²) in [7, 11) is 3.10. The largest absolute Gasteiger partial charge is 0.400 e. The Morgan fingerprint density at radius 3 is 2.57 bits per heavy atom. The smallest absolute Gasteiger partial charge is 0.233 e. The van der Waals surface area contributed by atoms with Crippen molar-refractivity contribution in [1.29, 1.82) is 0 Å². The molecular formula is C16H28NO5P. The van der Waals surface area contributed by atoms with Gasteiger partial charge in [-0.25, -0.2) is 5.06 Å². The summed E-state index contributed by atoms with van der Waals surface area (Å²) >= 11 is 0. The number of hydrogen-bond acceptors (Lipinski definition) is 5. The second-order valence-corrected chi connectivity index (χ2v) is 5.89. The van der Waals surface area contributed by atoms with Crippen LogP contribution in [0.4, 0.5) is 0 Å². The third-order valence-electron chi connectivity index (χ3n) is 3.00. The summed E-state index contributed by atoms with van der Waals surface area (Å²) in [6, 6.07) is 9.70. The Morgan fingerprint density at radius 2 is 1.96 bits per heavy atom. The van der Waals surface area contributed by atoms with Crippen molar-refractivity contribution in [3.63, 3.8) is 0 Å². The van der Waals surface area contributed by atoms with Crippen LogP contribution in [-0.2, 0) is 20.8 Å². The number of hydroxylamine groups is 2. The summed E-state index contributed by atoms with van der Waals surface area (Å²) in [6.45, 7) is 0.858. The fraction of sp³-hybridized carbons (Fsp3) is 0.562. The molecule has 0 aliphatic heterocycles. The minimum absolute atomic E-state index is 0.338. The van der Waals surface area contributed by atoms with Crippen molar-refractivity contribution in [2.24, 2.45) is 0 Å². The molecule has 0 radical (unpaired) electrons. The van der Waals surface area contributed by atoms with Crippen LogP contribution in [-0.4, -0.2) is 54.7 Å². The van der Waals surface area contributed by atoms with Crippen molar-refractivity contribution in [1.82, 2.24) is 5.06 Å². The molecule has 0 bridgehead atoms. The lowest BCUT2D eigenvalue weighted by Crippen LogP contribution is -2.24. The zero-order valence-electron chi connectivity index (χ0n) is 13.9. The summed E-state index contributed by atoms with van der Waals surface area (Å²) in [6.07, 6.45) is 3.33. The van der Waals surface area contributed by atoms with Crippen LogP contribution < -0.4 is 0 Å². The molecule has 132 valence electrons. The van der Waals surface area contributed by atoms with E-state index in [1.165, 1.54) is 5.06 Å². The second kappa shape index (κ2) is 15.8. The monoisotopic (exact) mass is 345 g/mol. The highest BCUT2D eigenvalue weighted by atomic mass is 31.1. The number of aliphatic hydroxyl groups excluding tert-OH is 2. The Morgan fingerprint density at radius 1 is 1.26 bits per heavy atom. The topological polar surface area (TPSA) is 79.2 Å². The van der Waals surface area contributed by atoms with E-state index in [2.05, 4.69) is 0 Å². The van der Waals surface area contributed by atoms with Gasteiger partial charge in [-0.15, -0.1) is 0 Å². The number of amides is 1. The van der Waals surface area contributed by atoms with Crippen LogP contribution in [0.2, 0.25) is 0 Å². The molecule has 2 N–H and O–H groups in total. The molecule has 0 aliphatic rings. The molecule has 1 aromatic rings. The molecular weight excluding hydrogens is 317 g/mol. The van der Waals surface area contributed by atoms with Crippen molar-refractivity contribution in [2.75, 3.05) is 26.9 Å². The summed E-state index contributed by atoms with van der Waals surface area (Å²) in [5.41, 5.74) is 1.02. The lowest BCUT2D eigenvalue weighted by molar-refractivity contribution is -0.177. The predicted molar refractivity (Wildman–Crippen MR) is 92.2 cm³/mol. The van der Waals surface area contributed by atoms with Gasteiger partial charge in [0.15, 0.2) is 0 Å². The van der Waals surface area contributed by atoms with Gasteiger partial charge in [0.2, 0.25) is 6.41 Å². The number of carbonyl (C=O) groups is 1. The van der Waals surface area contributed by atoms with Gasteiger partial charge in [0.05, 0.1) is 6.10 Å². The van der Waals surface area contributed by atoms with Crippen LogP contribution >= 0.6 is 8.81 Å². The van der Waals surface area contributed by atoms with Crippen LogP contribution in [0.1, 0.15) is 24.8 Å². The third-order valence-corrected chi connectivity index (χ3v) is 3.78. The van der Waals surface area contributed by atoms with Gasteiger partial charge in [-0.2, -0.15) is 0 Å². The molecule has 7 heteroatoms. The first-order valence-electron chi connectivity index (χ1n) is 7.53. The number of hydrogen-bond donors (Lipinski definition) is 2. The van der Waals surface area contributed by atoms with E-state index < -0.39 is 0 Å². The van der Waals surface area contributed by atoms with Crippen molar-refractivity contribution in [3.8, 4) is 0 Å². The van der Waals surface area contributed by atoms with Crippen LogP contribution in [0.25, 0.3) is 0 Å². The molecule has 1 rings (SSSR count). The molecule has 0 heterocycles. The van der Waals surface area contributed by atoms with E-state index in [9.17, 15) is 9.90 Å². The number of rotatable bonds is 12. The second-order valence-electron chi connectivity index (χ2n) is 4.69. The summed E-state index contributed by atoms with van der Waals surface area (Å²) in [5.74, 6) is 0. The molecule has 0 spiro atoms. The normalized spacial score (nSPS) is 11.8. The molecule has 0 saturated heterocycles. The van der Waals surface area contributed by atoms with E-state index in [4.69, 9.17) is 14.5 Å². The molecule has 0 aliphatic carbocycles. The minimum atomic E-state index is -0.338. The van der Waals surface area contributed by atoms with Crippen molar-refractivity contribution < 1.29 is 24.4 Å². The Kier molecular flexibility index (Phi) is 15.1. The average Bonchev–Trinajstić information content (AvgIpc) is 2.61.